The van der Waals surface area contributed by atoms with E-state index in [2.05, 4.69) is 15.2 Å². The SMILES string of the molecule is CNS(=O)(=O)c1ccccc1NCc1cc(C)on1. The van der Waals surface area contributed by atoms with E-state index in [-0.39, 0.29) is 4.90 Å². The Kier molecular flexibility index (Phi) is 3.87. The predicted molar refractivity (Wildman–Crippen MR) is 71.3 cm³/mol. The zero-order valence-electron chi connectivity index (χ0n) is 10.7. The first-order chi connectivity index (χ1) is 9.03. The number of rotatable bonds is 5. The smallest absolute Gasteiger partial charge is 0.242 e. The fourth-order valence-corrected chi connectivity index (χ4v) is 2.55. The lowest BCUT2D eigenvalue weighted by Crippen LogP contribution is -2.20. The van der Waals surface area contributed by atoms with Crippen LogP contribution in [0, 0.1) is 6.92 Å². The highest BCUT2D eigenvalue weighted by molar-refractivity contribution is 7.89. The van der Waals surface area contributed by atoms with Gasteiger partial charge in [0, 0.05) is 6.07 Å². The molecule has 0 spiro atoms. The van der Waals surface area contributed by atoms with Crippen LogP contribution in [-0.2, 0) is 16.6 Å². The molecule has 2 aromatic rings. The lowest BCUT2D eigenvalue weighted by molar-refractivity contribution is 0.391. The minimum absolute atomic E-state index is 0.206. The van der Waals surface area contributed by atoms with Crippen molar-refractivity contribution in [3.05, 3.63) is 41.8 Å². The van der Waals surface area contributed by atoms with Gasteiger partial charge in [-0.1, -0.05) is 17.3 Å². The van der Waals surface area contributed by atoms with Crippen molar-refractivity contribution in [2.24, 2.45) is 0 Å². The van der Waals surface area contributed by atoms with Gasteiger partial charge in [0.25, 0.3) is 0 Å². The Hall–Kier alpha value is -1.86. The summed E-state index contributed by atoms with van der Waals surface area (Å²) in [6.07, 6.45) is 0. The van der Waals surface area contributed by atoms with Crippen LogP contribution < -0.4 is 10.0 Å². The van der Waals surface area contributed by atoms with Crippen LogP contribution in [0.5, 0.6) is 0 Å². The maximum atomic E-state index is 11.9. The van der Waals surface area contributed by atoms with Crippen molar-refractivity contribution in [3.8, 4) is 0 Å². The third-order valence-corrected chi connectivity index (χ3v) is 4.05. The number of anilines is 1. The highest BCUT2D eigenvalue weighted by Gasteiger charge is 2.15. The Morgan fingerprint density at radius 3 is 2.68 bits per heavy atom. The van der Waals surface area contributed by atoms with Gasteiger partial charge in [-0.2, -0.15) is 0 Å². The molecule has 2 rings (SSSR count). The molecule has 0 saturated heterocycles. The summed E-state index contributed by atoms with van der Waals surface area (Å²) in [7, 11) is -2.10. The van der Waals surface area contributed by atoms with Gasteiger partial charge in [0.15, 0.2) is 0 Å². The first kappa shape index (κ1) is 13.6. The monoisotopic (exact) mass is 281 g/mol. The van der Waals surface area contributed by atoms with Gasteiger partial charge < -0.3 is 9.84 Å². The molecular formula is C12H15N3O3S. The minimum Gasteiger partial charge on any atom is -0.378 e. The number of nitrogens with one attached hydrogen (secondary N) is 2. The first-order valence-electron chi connectivity index (χ1n) is 5.71. The van der Waals surface area contributed by atoms with Crippen molar-refractivity contribution in [2.45, 2.75) is 18.4 Å². The highest BCUT2D eigenvalue weighted by atomic mass is 32.2. The molecule has 0 aliphatic rings. The number of hydrogen-bond acceptors (Lipinski definition) is 5. The molecule has 1 aromatic carbocycles. The third kappa shape index (κ3) is 3.12. The summed E-state index contributed by atoms with van der Waals surface area (Å²) in [6, 6.07) is 8.49. The van der Waals surface area contributed by atoms with Gasteiger partial charge in [-0.05, 0) is 26.1 Å². The molecule has 0 aliphatic heterocycles. The molecule has 1 aromatic heterocycles. The third-order valence-electron chi connectivity index (χ3n) is 2.58. The fraction of sp³-hybridized carbons (Fsp3) is 0.250. The van der Waals surface area contributed by atoms with E-state index in [9.17, 15) is 8.42 Å². The summed E-state index contributed by atoms with van der Waals surface area (Å²) in [5, 5.41) is 6.88. The second kappa shape index (κ2) is 5.41. The van der Waals surface area contributed by atoms with Crippen LogP contribution in [0.25, 0.3) is 0 Å². The van der Waals surface area contributed by atoms with Crippen LogP contribution >= 0.6 is 0 Å². The van der Waals surface area contributed by atoms with Crippen molar-refractivity contribution < 1.29 is 12.9 Å². The van der Waals surface area contributed by atoms with Gasteiger partial charge in [-0.15, -0.1) is 0 Å². The van der Waals surface area contributed by atoms with Gasteiger partial charge in [0.2, 0.25) is 10.0 Å². The van der Waals surface area contributed by atoms with Crippen LogP contribution in [-0.4, -0.2) is 20.6 Å². The number of benzene rings is 1. The number of sulfonamides is 1. The molecule has 102 valence electrons. The summed E-state index contributed by atoms with van der Waals surface area (Å²) >= 11 is 0. The van der Waals surface area contributed by atoms with Crippen molar-refractivity contribution in [1.29, 1.82) is 0 Å². The molecular weight excluding hydrogens is 266 g/mol. The second-order valence-corrected chi connectivity index (χ2v) is 5.84. The van der Waals surface area contributed by atoms with E-state index in [1.807, 2.05) is 0 Å². The average molecular weight is 281 g/mol. The molecule has 2 N–H and O–H groups in total. The quantitative estimate of drug-likeness (QED) is 0.867. The molecule has 0 radical (unpaired) electrons. The van der Waals surface area contributed by atoms with E-state index in [4.69, 9.17) is 4.52 Å². The van der Waals surface area contributed by atoms with E-state index in [0.717, 1.165) is 0 Å². The number of hydrogen-bond donors (Lipinski definition) is 2. The molecule has 0 amide bonds. The minimum atomic E-state index is -3.48. The second-order valence-electron chi connectivity index (χ2n) is 3.99. The van der Waals surface area contributed by atoms with E-state index in [1.54, 1.807) is 37.3 Å². The highest BCUT2D eigenvalue weighted by Crippen LogP contribution is 2.20. The fourth-order valence-electron chi connectivity index (χ4n) is 1.64. The first-order valence-corrected chi connectivity index (χ1v) is 7.20. The van der Waals surface area contributed by atoms with Gasteiger partial charge >= 0.3 is 0 Å². The summed E-state index contributed by atoms with van der Waals surface area (Å²) in [6.45, 7) is 2.20. The number of aryl methyl sites for hydroxylation is 1. The van der Waals surface area contributed by atoms with E-state index < -0.39 is 10.0 Å². The van der Waals surface area contributed by atoms with E-state index >= 15 is 0 Å². The number of nitrogens with zero attached hydrogens (tertiary/aromatic N) is 1. The van der Waals surface area contributed by atoms with Crippen LogP contribution in [0.2, 0.25) is 0 Å². The lowest BCUT2D eigenvalue weighted by atomic mass is 10.3. The van der Waals surface area contributed by atoms with Crippen LogP contribution in [0.4, 0.5) is 5.69 Å². The summed E-state index contributed by atoms with van der Waals surface area (Å²) in [4.78, 5) is 0.206. The van der Waals surface area contributed by atoms with Crippen LogP contribution in [0.3, 0.4) is 0 Å². The zero-order chi connectivity index (χ0) is 13.9. The molecule has 7 heteroatoms. The average Bonchev–Trinajstić information content (AvgIpc) is 2.82. The zero-order valence-corrected chi connectivity index (χ0v) is 11.5. The van der Waals surface area contributed by atoms with Crippen molar-refractivity contribution >= 4 is 15.7 Å². The predicted octanol–water partition coefficient (Wildman–Crippen LogP) is 1.50. The van der Waals surface area contributed by atoms with E-state index in [0.29, 0.717) is 23.7 Å². The lowest BCUT2D eigenvalue weighted by Gasteiger charge is -2.10. The maximum absolute atomic E-state index is 11.9. The molecule has 0 atom stereocenters. The molecule has 19 heavy (non-hydrogen) atoms. The Bertz CT molecular complexity index is 664. The topological polar surface area (TPSA) is 84.2 Å². The van der Waals surface area contributed by atoms with Crippen LogP contribution in [0.15, 0.2) is 39.8 Å². The van der Waals surface area contributed by atoms with E-state index in [1.165, 1.54) is 7.05 Å². The molecule has 0 bridgehead atoms. The Morgan fingerprint density at radius 2 is 2.05 bits per heavy atom. The largest absolute Gasteiger partial charge is 0.378 e. The van der Waals surface area contributed by atoms with Gasteiger partial charge in [0.05, 0.1) is 12.2 Å². The van der Waals surface area contributed by atoms with Gasteiger partial charge in [0.1, 0.15) is 16.3 Å². The maximum Gasteiger partial charge on any atom is 0.242 e. The van der Waals surface area contributed by atoms with Crippen LogP contribution in [0.1, 0.15) is 11.5 Å². The summed E-state index contributed by atoms with van der Waals surface area (Å²) in [5.74, 6) is 0.716. The normalized spacial score (nSPS) is 11.5. The molecule has 0 saturated carbocycles. The van der Waals surface area contributed by atoms with Crippen molar-refractivity contribution in [3.63, 3.8) is 0 Å². The summed E-state index contributed by atoms with van der Waals surface area (Å²) < 4.78 is 31.0. The molecule has 0 aliphatic carbocycles. The van der Waals surface area contributed by atoms with Crippen molar-refractivity contribution in [1.82, 2.24) is 9.88 Å². The number of aromatic nitrogens is 1. The molecule has 6 nitrogen and oxygen atoms in total. The Labute approximate surface area is 111 Å². The Balaban J connectivity index is 2.21. The molecule has 1 heterocycles. The van der Waals surface area contributed by atoms with Gasteiger partial charge in [-0.25, -0.2) is 13.1 Å². The van der Waals surface area contributed by atoms with Crippen molar-refractivity contribution in [2.75, 3.05) is 12.4 Å². The summed E-state index contributed by atoms with van der Waals surface area (Å²) in [5.41, 5.74) is 1.24. The molecule has 0 fully saturated rings. The Morgan fingerprint density at radius 1 is 1.32 bits per heavy atom. The van der Waals surface area contributed by atoms with Gasteiger partial charge in [-0.3, -0.25) is 0 Å². The standard InChI is InChI=1S/C12H15N3O3S/c1-9-7-10(15-18-9)8-14-11-5-3-4-6-12(11)19(16,17)13-2/h3-7,13-14H,8H2,1-2H3. The number of para-hydroxylation sites is 1. The molecule has 0 unspecified atom stereocenters.